The molecule has 0 unspecified atom stereocenters. The summed E-state index contributed by atoms with van der Waals surface area (Å²) < 4.78 is 10.3. The SMILES string of the molecule is COc1cc(C#N)c(NC=C(C#N)c2nn[nH]n2)cc1OC. The van der Waals surface area contributed by atoms with Gasteiger partial charge in [-0.15, -0.1) is 10.2 Å². The van der Waals surface area contributed by atoms with Gasteiger partial charge < -0.3 is 14.8 Å². The van der Waals surface area contributed by atoms with Crippen LogP contribution in [0.2, 0.25) is 0 Å². The zero-order valence-electron chi connectivity index (χ0n) is 11.8. The quantitative estimate of drug-likeness (QED) is 0.783. The van der Waals surface area contributed by atoms with Crippen LogP contribution < -0.4 is 14.8 Å². The van der Waals surface area contributed by atoms with E-state index in [9.17, 15) is 5.26 Å². The summed E-state index contributed by atoms with van der Waals surface area (Å²) in [4.78, 5) is 0. The molecule has 1 heterocycles. The van der Waals surface area contributed by atoms with Gasteiger partial charge in [-0.3, -0.25) is 0 Å². The van der Waals surface area contributed by atoms with Crippen molar-refractivity contribution in [3.63, 3.8) is 0 Å². The molecule has 22 heavy (non-hydrogen) atoms. The summed E-state index contributed by atoms with van der Waals surface area (Å²) in [6.07, 6.45) is 1.38. The van der Waals surface area contributed by atoms with Crippen molar-refractivity contribution in [2.75, 3.05) is 19.5 Å². The predicted molar refractivity (Wildman–Crippen MR) is 75.7 cm³/mol. The van der Waals surface area contributed by atoms with Gasteiger partial charge in [-0.2, -0.15) is 15.7 Å². The van der Waals surface area contributed by atoms with Gasteiger partial charge in [-0.25, -0.2) is 0 Å². The normalized spacial score (nSPS) is 10.5. The van der Waals surface area contributed by atoms with Gasteiger partial charge in [-0.05, 0) is 5.21 Å². The zero-order chi connectivity index (χ0) is 15.9. The molecule has 2 aromatic rings. The zero-order valence-corrected chi connectivity index (χ0v) is 11.8. The Morgan fingerprint density at radius 1 is 1.27 bits per heavy atom. The second-order valence-corrected chi connectivity index (χ2v) is 3.91. The van der Waals surface area contributed by atoms with Crippen LogP contribution in [-0.2, 0) is 0 Å². The molecule has 0 saturated heterocycles. The largest absolute Gasteiger partial charge is 0.493 e. The second kappa shape index (κ2) is 6.72. The summed E-state index contributed by atoms with van der Waals surface area (Å²) in [5.74, 6) is 1.04. The van der Waals surface area contributed by atoms with Crippen molar-refractivity contribution in [1.82, 2.24) is 20.6 Å². The standard InChI is InChI=1S/C13H11N7O2/c1-21-11-3-8(5-14)10(4-12(11)22-2)16-7-9(6-15)13-17-19-20-18-13/h3-4,7,16H,1-2H3,(H,17,18,19,20). The second-order valence-electron chi connectivity index (χ2n) is 3.91. The maximum Gasteiger partial charge on any atom is 0.216 e. The molecule has 0 radical (unpaired) electrons. The fourth-order valence-corrected chi connectivity index (χ4v) is 1.66. The molecule has 2 N–H and O–H groups in total. The van der Waals surface area contributed by atoms with Crippen LogP contribution in [0.25, 0.3) is 5.57 Å². The number of anilines is 1. The van der Waals surface area contributed by atoms with Crippen LogP contribution in [0, 0.1) is 22.7 Å². The maximum absolute atomic E-state index is 9.20. The lowest BCUT2D eigenvalue weighted by atomic mass is 10.1. The third-order valence-corrected chi connectivity index (χ3v) is 2.72. The lowest BCUT2D eigenvalue weighted by molar-refractivity contribution is 0.355. The fourth-order valence-electron chi connectivity index (χ4n) is 1.66. The molecule has 0 aliphatic rings. The van der Waals surface area contributed by atoms with E-state index in [0.29, 0.717) is 22.7 Å². The van der Waals surface area contributed by atoms with Crippen LogP contribution in [0.15, 0.2) is 18.3 Å². The third-order valence-electron chi connectivity index (χ3n) is 2.72. The first kappa shape index (κ1) is 14.8. The minimum atomic E-state index is 0.147. The number of hydrogen-bond donors (Lipinski definition) is 2. The summed E-state index contributed by atoms with van der Waals surface area (Å²) in [5.41, 5.74) is 0.947. The molecule has 0 spiro atoms. The molecule has 0 saturated carbocycles. The molecule has 0 bridgehead atoms. The third kappa shape index (κ3) is 2.94. The van der Waals surface area contributed by atoms with Gasteiger partial charge >= 0.3 is 0 Å². The van der Waals surface area contributed by atoms with E-state index in [0.717, 1.165) is 0 Å². The Hall–Kier alpha value is -3.59. The first-order valence-corrected chi connectivity index (χ1v) is 6.00. The molecule has 0 atom stereocenters. The summed E-state index contributed by atoms with van der Waals surface area (Å²) in [5, 5.41) is 34.2. The number of benzene rings is 1. The molecule has 9 heteroatoms. The average Bonchev–Trinajstić information content (AvgIpc) is 3.09. The maximum atomic E-state index is 9.20. The number of methoxy groups -OCH3 is 2. The highest BCUT2D eigenvalue weighted by Gasteiger charge is 2.11. The van der Waals surface area contributed by atoms with Gasteiger partial charge in [0, 0.05) is 18.3 Å². The molecule has 0 fully saturated rings. The Labute approximate surface area is 125 Å². The van der Waals surface area contributed by atoms with Gasteiger partial charge in [0.15, 0.2) is 11.5 Å². The number of hydrogen-bond acceptors (Lipinski definition) is 8. The number of ether oxygens (including phenoxy) is 2. The number of tetrazole rings is 1. The molecule has 9 nitrogen and oxygen atoms in total. The van der Waals surface area contributed by atoms with Crippen molar-refractivity contribution in [3.8, 4) is 23.6 Å². The molecule has 2 rings (SSSR count). The number of allylic oxidation sites excluding steroid dienone is 1. The number of nitrogens with one attached hydrogen (secondary N) is 2. The minimum Gasteiger partial charge on any atom is -0.493 e. The van der Waals surface area contributed by atoms with Crippen molar-refractivity contribution in [3.05, 3.63) is 29.7 Å². The predicted octanol–water partition coefficient (Wildman–Crippen LogP) is 1.07. The van der Waals surface area contributed by atoms with Crippen LogP contribution in [0.4, 0.5) is 5.69 Å². The van der Waals surface area contributed by atoms with Crippen LogP contribution in [0.3, 0.4) is 0 Å². The van der Waals surface area contributed by atoms with E-state index in [-0.39, 0.29) is 11.4 Å². The van der Waals surface area contributed by atoms with E-state index in [2.05, 4.69) is 25.9 Å². The number of aromatic amines is 1. The van der Waals surface area contributed by atoms with Gasteiger partial charge in [0.1, 0.15) is 17.7 Å². The van der Waals surface area contributed by atoms with Crippen LogP contribution in [0.1, 0.15) is 11.4 Å². The lowest BCUT2D eigenvalue weighted by Crippen LogP contribution is -1.98. The van der Waals surface area contributed by atoms with Gasteiger partial charge in [0.25, 0.3) is 0 Å². The Morgan fingerprint density at radius 2 is 2.00 bits per heavy atom. The summed E-state index contributed by atoms with van der Waals surface area (Å²) in [7, 11) is 2.97. The molecule has 0 aliphatic heterocycles. The summed E-state index contributed by atoms with van der Waals surface area (Å²) in [6.45, 7) is 0. The van der Waals surface area contributed by atoms with Crippen molar-refractivity contribution >= 4 is 11.3 Å². The molecule has 0 aliphatic carbocycles. The molecule has 1 aromatic carbocycles. The fraction of sp³-hybridized carbons (Fsp3) is 0.154. The van der Waals surface area contributed by atoms with Crippen LogP contribution >= 0.6 is 0 Å². The molecule has 1 aromatic heterocycles. The Bertz CT molecular complexity index is 769. The number of nitrogens with zero attached hydrogens (tertiary/aromatic N) is 5. The Balaban J connectivity index is 2.37. The minimum absolute atomic E-state index is 0.147. The van der Waals surface area contributed by atoms with E-state index in [4.69, 9.17) is 14.7 Å². The lowest BCUT2D eigenvalue weighted by Gasteiger charge is -2.11. The van der Waals surface area contributed by atoms with Gasteiger partial charge in [0.05, 0.1) is 25.5 Å². The summed E-state index contributed by atoms with van der Waals surface area (Å²) >= 11 is 0. The number of aromatic nitrogens is 4. The Morgan fingerprint density at radius 3 is 2.55 bits per heavy atom. The van der Waals surface area contributed by atoms with Crippen LogP contribution in [-0.4, -0.2) is 34.8 Å². The smallest absolute Gasteiger partial charge is 0.216 e. The highest BCUT2D eigenvalue weighted by atomic mass is 16.5. The van der Waals surface area contributed by atoms with E-state index >= 15 is 0 Å². The topological polar surface area (TPSA) is 133 Å². The number of nitriles is 2. The van der Waals surface area contributed by atoms with E-state index in [1.165, 1.54) is 26.5 Å². The first-order valence-electron chi connectivity index (χ1n) is 6.00. The van der Waals surface area contributed by atoms with Gasteiger partial charge in [0.2, 0.25) is 5.82 Å². The highest BCUT2D eigenvalue weighted by molar-refractivity contribution is 5.75. The molecular formula is C13H11N7O2. The molecule has 110 valence electrons. The van der Waals surface area contributed by atoms with Crippen molar-refractivity contribution in [2.45, 2.75) is 0 Å². The van der Waals surface area contributed by atoms with Crippen LogP contribution in [0.5, 0.6) is 11.5 Å². The van der Waals surface area contributed by atoms with Gasteiger partial charge in [-0.1, -0.05) is 0 Å². The monoisotopic (exact) mass is 297 g/mol. The number of rotatable bonds is 5. The highest BCUT2D eigenvalue weighted by Crippen LogP contribution is 2.33. The summed E-state index contributed by atoms with van der Waals surface area (Å²) in [6, 6.07) is 7.11. The first-order chi connectivity index (χ1) is 10.7. The Kier molecular flexibility index (Phi) is 4.53. The van der Waals surface area contributed by atoms with Crippen molar-refractivity contribution < 1.29 is 9.47 Å². The number of H-pyrrole nitrogens is 1. The van der Waals surface area contributed by atoms with Crippen molar-refractivity contribution in [1.29, 1.82) is 10.5 Å². The average molecular weight is 297 g/mol. The van der Waals surface area contributed by atoms with E-state index in [1.54, 1.807) is 6.07 Å². The van der Waals surface area contributed by atoms with Crippen molar-refractivity contribution in [2.24, 2.45) is 0 Å². The van der Waals surface area contributed by atoms with E-state index < -0.39 is 0 Å². The molecular weight excluding hydrogens is 286 g/mol. The molecule has 0 amide bonds. The van der Waals surface area contributed by atoms with E-state index in [1.807, 2.05) is 12.1 Å².